The van der Waals surface area contributed by atoms with Crippen LogP contribution in [-0.4, -0.2) is 37.8 Å². The van der Waals surface area contributed by atoms with E-state index in [9.17, 15) is 0 Å². The Balaban J connectivity index is 0.00000288. The zero-order valence-corrected chi connectivity index (χ0v) is 19.0. The van der Waals surface area contributed by atoms with Crippen LogP contribution in [0.3, 0.4) is 0 Å². The van der Waals surface area contributed by atoms with Gasteiger partial charge in [0.25, 0.3) is 0 Å². The number of rotatable bonds is 7. The van der Waals surface area contributed by atoms with E-state index in [1.807, 2.05) is 0 Å². The zero-order valence-electron chi connectivity index (χ0n) is 16.2. The summed E-state index contributed by atoms with van der Waals surface area (Å²) in [5.74, 6) is 1.09. The first-order chi connectivity index (χ1) is 11.1. The van der Waals surface area contributed by atoms with Crippen molar-refractivity contribution in [2.75, 3.05) is 33.3 Å². The van der Waals surface area contributed by atoms with Crippen LogP contribution in [0.25, 0.3) is 0 Å². The van der Waals surface area contributed by atoms with E-state index in [2.05, 4.69) is 39.1 Å². The Kier molecular flexibility index (Phi) is 10.7. The summed E-state index contributed by atoms with van der Waals surface area (Å²) in [5.41, 5.74) is 2.51. The first-order valence-electron chi connectivity index (χ1n) is 9.63. The molecule has 1 aliphatic rings. The third-order valence-electron chi connectivity index (χ3n) is 5.39. The number of quaternary nitrogens is 1. The molecule has 0 amide bonds. The van der Waals surface area contributed by atoms with Crippen molar-refractivity contribution in [3.8, 4) is 5.75 Å². The third kappa shape index (κ3) is 7.54. The number of hydrogen-bond acceptors (Lipinski definition) is 1. The largest absolute Gasteiger partial charge is 0.493 e. The average molecular weight is 407 g/mol. The van der Waals surface area contributed by atoms with Gasteiger partial charge < -0.3 is 9.22 Å². The number of likely N-dealkylation sites (tertiary alicyclic amines) is 1. The minimum Gasteiger partial charge on any atom is -0.493 e. The molecular formula is C21H36NOY+. The number of benzene rings is 1. The van der Waals surface area contributed by atoms with Crippen LogP contribution in [0, 0.1) is 13.8 Å². The summed E-state index contributed by atoms with van der Waals surface area (Å²) in [5, 5.41) is 0. The average Bonchev–Trinajstić information content (AvgIpc) is 2.50. The third-order valence-corrected chi connectivity index (χ3v) is 5.39. The summed E-state index contributed by atoms with van der Waals surface area (Å²) >= 11 is 0. The summed E-state index contributed by atoms with van der Waals surface area (Å²) in [6.07, 6.45) is 11.0. The second-order valence-corrected chi connectivity index (χ2v) is 7.69. The van der Waals surface area contributed by atoms with Crippen LogP contribution >= 0.6 is 0 Å². The molecule has 1 saturated heterocycles. The minimum absolute atomic E-state index is 0. The van der Waals surface area contributed by atoms with Crippen LogP contribution in [0.15, 0.2) is 18.2 Å². The van der Waals surface area contributed by atoms with Crippen LogP contribution in [-0.2, 0) is 32.7 Å². The summed E-state index contributed by atoms with van der Waals surface area (Å²) in [6, 6.07) is 6.37. The molecule has 0 unspecified atom stereocenters. The van der Waals surface area contributed by atoms with Crippen molar-refractivity contribution < 1.29 is 41.9 Å². The number of nitrogens with zero attached hydrogens (tertiary/aromatic N) is 1. The van der Waals surface area contributed by atoms with Gasteiger partial charge in [-0.2, -0.15) is 0 Å². The van der Waals surface area contributed by atoms with E-state index >= 15 is 0 Å². The molecule has 0 N–H and O–H groups in total. The molecule has 0 atom stereocenters. The van der Waals surface area contributed by atoms with Crippen LogP contribution in [0.5, 0.6) is 5.75 Å². The van der Waals surface area contributed by atoms with Gasteiger partial charge in [-0.1, -0.05) is 24.6 Å². The number of hydrogen-bond donors (Lipinski definition) is 0. The second-order valence-electron chi connectivity index (χ2n) is 7.69. The van der Waals surface area contributed by atoms with E-state index in [1.165, 1.54) is 86.6 Å². The zero-order chi connectivity index (χ0) is 16.5. The number of unbranched alkanes of at least 4 members (excludes halogenated alkanes) is 2. The molecule has 2 nitrogen and oxygen atoms in total. The number of aryl methyl sites for hydroxylation is 2. The molecule has 0 saturated carbocycles. The van der Waals surface area contributed by atoms with Gasteiger partial charge in [-0.15, -0.1) is 0 Å². The SMILES string of the molecule is Cc1cccc(C)c1OCCCCC[N+]1(C)CCCCCCC1.[Y]. The van der Waals surface area contributed by atoms with E-state index < -0.39 is 0 Å². The minimum atomic E-state index is 0. The molecule has 24 heavy (non-hydrogen) atoms. The van der Waals surface area contributed by atoms with E-state index in [4.69, 9.17) is 4.74 Å². The molecule has 2 rings (SSSR count). The Bertz CT molecular complexity index is 447. The van der Waals surface area contributed by atoms with Crippen LogP contribution < -0.4 is 4.74 Å². The Hall–Kier alpha value is 0.0839. The van der Waals surface area contributed by atoms with Gasteiger partial charge in [0.15, 0.2) is 0 Å². The molecule has 1 aromatic rings. The van der Waals surface area contributed by atoms with Gasteiger partial charge in [0.2, 0.25) is 0 Å². The van der Waals surface area contributed by atoms with E-state index in [0.29, 0.717) is 0 Å². The smallest absolute Gasteiger partial charge is 0.125 e. The summed E-state index contributed by atoms with van der Waals surface area (Å²) in [4.78, 5) is 0. The molecule has 0 aliphatic carbocycles. The summed E-state index contributed by atoms with van der Waals surface area (Å²) in [6.45, 7) is 9.25. The summed E-state index contributed by atoms with van der Waals surface area (Å²) in [7, 11) is 2.47. The van der Waals surface area contributed by atoms with Crippen molar-refractivity contribution in [2.45, 2.75) is 65.2 Å². The second kappa shape index (κ2) is 11.7. The van der Waals surface area contributed by atoms with Gasteiger partial charge in [0.1, 0.15) is 5.75 Å². The number of ether oxygens (including phenoxy) is 1. The monoisotopic (exact) mass is 407 g/mol. The van der Waals surface area contributed by atoms with Gasteiger partial charge >= 0.3 is 0 Å². The van der Waals surface area contributed by atoms with Crippen molar-refractivity contribution in [1.29, 1.82) is 0 Å². The van der Waals surface area contributed by atoms with Gasteiger partial charge in [0.05, 0.1) is 33.3 Å². The Morgan fingerprint density at radius 1 is 0.875 bits per heavy atom. The molecule has 1 heterocycles. The molecule has 1 fully saturated rings. The fraction of sp³-hybridized carbons (Fsp3) is 0.714. The maximum atomic E-state index is 6.02. The van der Waals surface area contributed by atoms with Gasteiger partial charge in [0, 0.05) is 32.7 Å². The topological polar surface area (TPSA) is 9.23 Å². The van der Waals surface area contributed by atoms with Crippen molar-refractivity contribution in [3.05, 3.63) is 29.3 Å². The maximum Gasteiger partial charge on any atom is 0.125 e. The first kappa shape index (κ1) is 22.1. The molecule has 1 aromatic carbocycles. The summed E-state index contributed by atoms with van der Waals surface area (Å²) < 4.78 is 7.32. The molecule has 133 valence electrons. The predicted octanol–water partition coefficient (Wildman–Crippen LogP) is 5.26. The maximum absolute atomic E-state index is 6.02. The van der Waals surface area contributed by atoms with Crippen molar-refractivity contribution >= 4 is 0 Å². The Labute approximate surface area is 174 Å². The van der Waals surface area contributed by atoms with Crippen LogP contribution in [0.4, 0.5) is 0 Å². The fourth-order valence-corrected chi connectivity index (χ4v) is 3.83. The van der Waals surface area contributed by atoms with Gasteiger partial charge in [-0.05, 0) is 69.9 Å². The van der Waals surface area contributed by atoms with Crippen LogP contribution in [0.1, 0.15) is 62.5 Å². The molecule has 0 spiro atoms. The van der Waals surface area contributed by atoms with E-state index in [0.717, 1.165) is 12.4 Å². The molecular weight excluding hydrogens is 371 g/mol. The first-order valence-corrected chi connectivity index (χ1v) is 9.63. The fourth-order valence-electron chi connectivity index (χ4n) is 3.83. The Morgan fingerprint density at radius 2 is 1.46 bits per heavy atom. The van der Waals surface area contributed by atoms with Gasteiger partial charge in [-0.25, -0.2) is 0 Å². The predicted molar refractivity (Wildman–Crippen MR) is 99.1 cm³/mol. The Morgan fingerprint density at radius 3 is 2.08 bits per heavy atom. The van der Waals surface area contributed by atoms with Crippen molar-refractivity contribution in [1.82, 2.24) is 0 Å². The van der Waals surface area contributed by atoms with Crippen molar-refractivity contribution in [3.63, 3.8) is 0 Å². The van der Waals surface area contributed by atoms with E-state index in [-0.39, 0.29) is 32.7 Å². The standard InChI is InChI=1S/C21H36NO.Y/c1-19-13-12-14-20(2)21(19)23-18-11-7-10-17-22(3)15-8-5-4-6-9-16-22;/h12-14H,4-11,15-18H2,1-3H3;/q+1;. The van der Waals surface area contributed by atoms with Gasteiger partial charge in [-0.3, -0.25) is 0 Å². The molecule has 0 bridgehead atoms. The molecule has 1 radical (unpaired) electrons. The van der Waals surface area contributed by atoms with Crippen LogP contribution in [0.2, 0.25) is 0 Å². The number of para-hydroxylation sites is 1. The van der Waals surface area contributed by atoms with E-state index in [1.54, 1.807) is 0 Å². The molecule has 1 aliphatic heterocycles. The quantitative estimate of drug-likeness (QED) is 0.443. The molecule has 3 heteroatoms. The normalized spacial score (nSPS) is 17.5. The van der Waals surface area contributed by atoms with Crippen molar-refractivity contribution in [2.24, 2.45) is 0 Å². The molecule has 0 aromatic heterocycles.